The van der Waals surface area contributed by atoms with Crippen molar-refractivity contribution in [2.75, 3.05) is 12.2 Å². The number of pyridine rings is 1. The van der Waals surface area contributed by atoms with Crippen molar-refractivity contribution in [3.8, 4) is 11.5 Å². The van der Waals surface area contributed by atoms with Gasteiger partial charge in [0.1, 0.15) is 5.82 Å². The van der Waals surface area contributed by atoms with Crippen LogP contribution >= 0.6 is 15.9 Å². The SMILES string of the molecule is Brc1cc2c(cc1C=NNc1ccccn1)OCO2. The number of hydrogen-bond acceptors (Lipinski definition) is 5. The highest BCUT2D eigenvalue weighted by molar-refractivity contribution is 9.10. The maximum Gasteiger partial charge on any atom is 0.231 e. The number of benzene rings is 1. The molecule has 0 fully saturated rings. The summed E-state index contributed by atoms with van der Waals surface area (Å²) in [6.45, 7) is 0.258. The largest absolute Gasteiger partial charge is 0.454 e. The highest BCUT2D eigenvalue weighted by atomic mass is 79.9. The van der Waals surface area contributed by atoms with Crippen LogP contribution in [0.15, 0.2) is 46.1 Å². The Bertz CT molecular complexity index is 617. The third kappa shape index (κ3) is 2.68. The predicted octanol–water partition coefficient (Wildman–Crippen LogP) is 3.02. The van der Waals surface area contributed by atoms with Gasteiger partial charge in [0.05, 0.1) is 6.21 Å². The molecule has 1 aliphatic heterocycles. The van der Waals surface area contributed by atoms with E-state index in [1.54, 1.807) is 12.4 Å². The van der Waals surface area contributed by atoms with Gasteiger partial charge in [-0.05, 0) is 40.2 Å². The second-order valence-electron chi connectivity index (χ2n) is 3.81. The smallest absolute Gasteiger partial charge is 0.231 e. The Morgan fingerprint density at radius 1 is 1.26 bits per heavy atom. The molecular weight excluding hydrogens is 310 g/mol. The van der Waals surface area contributed by atoms with E-state index >= 15 is 0 Å². The van der Waals surface area contributed by atoms with E-state index in [2.05, 4.69) is 31.4 Å². The van der Waals surface area contributed by atoms with Crippen molar-refractivity contribution >= 4 is 28.0 Å². The average Bonchev–Trinajstić information content (AvgIpc) is 2.87. The van der Waals surface area contributed by atoms with Crippen LogP contribution in [0, 0.1) is 0 Å². The molecule has 3 rings (SSSR count). The van der Waals surface area contributed by atoms with Crippen LogP contribution in [0.4, 0.5) is 5.82 Å². The topological polar surface area (TPSA) is 55.7 Å². The zero-order chi connectivity index (χ0) is 13.1. The number of aromatic nitrogens is 1. The summed E-state index contributed by atoms with van der Waals surface area (Å²) in [4.78, 5) is 4.11. The van der Waals surface area contributed by atoms with Gasteiger partial charge in [0.15, 0.2) is 11.5 Å². The van der Waals surface area contributed by atoms with Gasteiger partial charge in [-0.3, -0.25) is 5.43 Å². The van der Waals surface area contributed by atoms with Crippen LogP contribution in [-0.4, -0.2) is 18.0 Å². The summed E-state index contributed by atoms with van der Waals surface area (Å²) in [5.41, 5.74) is 3.75. The third-order valence-corrected chi connectivity index (χ3v) is 3.23. The van der Waals surface area contributed by atoms with Gasteiger partial charge in [-0.2, -0.15) is 5.10 Å². The van der Waals surface area contributed by atoms with Crippen LogP contribution in [0.5, 0.6) is 11.5 Å². The number of nitrogens with one attached hydrogen (secondary N) is 1. The van der Waals surface area contributed by atoms with Gasteiger partial charge in [-0.15, -0.1) is 0 Å². The molecule has 0 atom stereocenters. The minimum absolute atomic E-state index is 0.258. The van der Waals surface area contributed by atoms with Gasteiger partial charge in [0.2, 0.25) is 6.79 Å². The summed E-state index contributed by atoms with van der Waals surface area (Å²) in [5, 5.41) is 4.13. The standard InChI is InChI=1S/C13H10BrN3O2/c14-10-6-12-11(18-8-19-12)5-9(10)7-16-17-13-3-1-2-4-15-13/h1-7H,8H2,(H,15,17). The minimum Gasteiger partial charge on any atom is -0.454 e. The van der Waals surface area contributed by atoms with Crippen molar-refractivity contribution in [2.45, 2.75) is 0 Å². The Hall–Kier alpha value is -2.08. The highest BCUT2D eigenvalue weighted by Crippen LogP contribution is 2.36. The quantitative estimate of drug-likeness (QED) is 0.698. The molecule has 1 N–H and O–H groups in total. The molecule has 0 unspecified atom stereocenters. The maximum atomic E-state index is 5.32. The van der Waals surface area contributed by atoms with Crippen molar-refractivity contribution in [1.29, 1.82) is 0 Å². The van der Waals surface area contributed by atoms with E-state index in [0.717, 1.165) is 21.5 Å². The van der Waals surface area contributed by atoms with Gasteiger partial charge < -0.3 is 9.47 Å². The van der Waals surface area contributed by atoms with Crippen LogP contribution in [0.1, 0.15) is 5.56 Å². The first-order chi connectivity index (χ1) is 9.33. The molecule has 0 bridgehead atoms. The first-order valence-corrected chi connectivity index (χ1v) is 6.41. The van der Waals surface area contributed by atoms with E-state index in [1.807, 2.05) is 30.3 Å². The van der Waals surface area contributed by atoms with Gasteiger partial charge in [-0.25, -0.2) is 4.98 Å². The zero-order valence-corrected chi connectivity index (χ0v) is 11.4. The highest BCUT2D eigenvalue weighted by Gasteiger charge is 2.15. The lowest BCUT2D eigenvalue weighted by atomic mass is 10.2. The molecule has 0 spiro atoms. The van der Waals surface area contributed by atoms with E-state index in [0.29, 0.717) is 5.82 Å². The number of fused-ring (bicyclic) bond motifs is 1. The Balaban J connectivity index is 1.76. The normalized spacial score (nSPS) is 12.9. The molecular formula is C13H10BrN3O2. The Kier molecular flexibility index (Phi) is 3.33. The second kappa shape index (κ2) is 5.27. The molecule has 96 valence electrons. The lowest BCUT2D eigenvalue weighted by molar-refractivity contribution is 0.174. The number of halogens is 1. The summed E-state index contributed by atoms with van der Waals surface area (Å²) < 4.78 is 11.5. The molecule has 1 aromatic heterocycles. The lowest BCUT2D eigenvalue weighted by Gasteiger charge is -2.02. The van der Waals surface area contributed by atoms with E-state index in [1.165, 1.54) is 0 Å². The summed E-state index contributed by atoms with van der Waals surface area (Å²) in [6.07, 6.45) is 3.40. The molecule has 0 amide bonds. The van der Waals surface area contributed by atoms with Crippen LogP contribution in [-0.2, 0) is 0 Å². The monoisotopic (exact) mass is 319 g/mol. The molecule has 2 heterocycles. The van der Waals surface area contributed by atoms with Crippen molar-refractivity contribution < 1.29 is 9.47 Å². The van der Waals surface area contributed by atoms with E-state index in [-0.39, 0.29) is 6.79 Å². The molecule has 0 radical (unpaired) electrons. The van der Waals surface area contributed by atoms with Crippen molar-refractivity contribution in [3.05, 3.63) is 46.6 Å². The van der Waals surface area contributed by atoms with Gasteiger partial charge in [-0.1, -0.05) is 6.07 Å². The molecule has 2 aromatic rings. The second-order valence-corrected chi connectivity index (χ2v) is 4.67. The number of ether oxygens (including phenoxy) is 2. The van der Waals surface area contributed by atoms with Crippen LogP contribution in [0.3, 0.4) is 0 Å². The van der Waals surface area contributed by atoms with E-state index < -0.39 is 0 Å². The predicted molar refractivity (Wildman–Crippen MR) is 75.7 cm³/mol. The Morgan fingerprint density at radius 3 is 2.89 bits per heavy atom. The summed E-state index contributed by atoms with van der Waals surface area (Å²) in [6, 6.07) is 9.32. The summed E-state index contributed by atoms with van der Waals surface area (Å²) in [7, 11) is 0. The van der Waals surface area contributed by atoms with Gasteiger partial charge in [0, 0.05) is 16.2 Å². The van der Waals surface area contributed by atoms with E-state index in [9.17, 15) is 0 Å². The summed E-state index contributed by atoms with van der Waals surface area (Å²) in [5.74, 6) is 2.15. The molecule has 6 heteroatoms. The van der Waals surface area contributed by atoms with Crippen molar-refractivity contribution in [3.63, 3.8) is 0 Å². The van der Waals surface area contributed by atoms with Crippen LogP contribution in [0.2, 0.25) is 0 Å². The summed E-state index contributed by atoms with van der Waals surface area (Å²) >= 11 is 3.47. The van der Waals surface area contributed by atoms with Crippen molar-refractivity contribution in [2.24, 2.45) is 5.10 Å². The molecule has 1 aromatic carbocycles. The molecule has 0 aliphatic carbocycles. The molecule has 19 heavy (non-hydrogen) atoms. The van der Waals surface area contributed by atoms with Crippen molar-refractivity contribution in [1.82, 2.24) is 4.98 Å². The number of hydrazone groups is 1. The average molecular weight is 320 g/mol. The first kappa shape index (κ1) is 12.0. The fourth-order valence-electron chi connectivity index (χ4n) is 1.63. The molecule has 5 nitrogen and oxygen atoms in total. The Morgan fingerprint density at radius 2 is 2.11 bits per heavy atom. The number of hydrogen-bond donors (Lipinski definition) is 1. The molecule has 0 saturated carbocycles. The number of nitrogens with zero attached hydrogens (tertiary/aromatic N) is 2. The number of rotatable bonds is 3. The molecule has 0 saturated heterocycles. The Labute approximate surface area is 118 Å². The van der Waals surface area contributed by atoms with Gasteiger partial charge in [0.25, 0.3) is 0 Å². The van der Waals surface area contributed by atoms with Crippen LogP contribution in [0.25, 0.3) is 0 Å². The third-order valence-electron chi connectivity index (χ3n) is 2.54. The minimum atomic E-state index is 0.258. The fraction of sp³-hybridized carbons (Fsp3) is 0.0769. The fourth-order valence-corrected chi connectivity index (χ4v) is 2.05. The van der Waals surface area contributed by atoms with Crippen LogP contribution < -0.4 is 14.9 Å². The lowest BCUT2D eigenvalue weighted by Crippen LogP contribution is -1.93. The number of anilines is 1. The van der Waals surface area contributed by atoms with Gasteiger partial charge >= 0.3 is 0 Å². The molecule has 1 aliphatic rings. The first-order valence-electron chi connectivity index (χ1n) is 5.62. The van der Waals surface area contributed by atoms with E-state index in [4.69, 9.17) is 9.47 Å². The maximum absolute atomic E-state index is 5.32. The zero-order valence-electron chi connectivity index (χ0n) is 9.84.